The Morgan fingerprint density at radius 3 is 2.42 bits per heavy atom. The number of halogens is 3. The average molecular weight is 344 g/mol. The molecule has 1 aromatic rings. The average Bonchev–Trinajstić information content (AvgIpc) is 2.52. The maximum atomic E-state index is 12.7. The van der Waals surface area contributed by atoms with E-state index in [1.54, 1.807) is 0 Å². The number of alkyl halides is 3. The molecule has 0 radical (unpaired) electrons. The van der Waals surface area contributed by atoms with Crippen LogP contribution in [0.25, 0.3) is 0 Å². The van der Waals surface area contributed by atoms with Crippen molar-refractivity contribution in [3.05, 3.63) is 29.3 Å². The third-order valence-electron chi connectivity index (χ3n) is 3.76. The minimum absolute atomic E-state index is 0.0172. The van der Waals surface area contributed by atoms with Gasteiger partial charge in [0.05, 0.1) is 5.56 Å². The molecule has 0 aliphatic carbocycles. The second-order valence-corrected chi connectivity index (χ2v) is 5.51. The van der Waals surface area contributed by atoms with Gasteiger partial charge in [0.1, 0.15) is 0 Å². The molecule has 0 N–H and O–H groups in total. The summed E-state index contributed by atoms with van der Waals surface area (Å²) in [6, 6.07) is 3.17. The standard InChI is InChI=1S/C17H22F3NO3/c1-2-21(10-6-4-3-5-7-16(23)24)15-9-8-14(17(18,19)20)11-13(15)12-22/h8-9,11-12H,2-7,10H2,1H3,(H,23,24)/p-1. The number of anilines is 1. The molecule has 0 atom stereocenters. The first kappa shape index (κ1) is 20.0. The van der Waals surface area contributed by atoms with E-state index in [2.05, 4.69) is 0 Å². The summed E-state index contributed by atoms with van der Waals surface area (Å²) in [5, 5.41) is 10.3. The van der Waals surface area contributed by atoms with Crippen LogP contribution in [0.15, 0.2) is 18.2 Å². The molecule has 0 heterocycles. The molecule has 0 fully saturated rings. The number of rotatable bonds is 10. The van der Waals surface area contributed by atoms with Crippen LogP contribution < -0.4 is 10.0 Å². The zero-order valence-electron chi connectivity index (χ0n) is 13.6. The summed E-state index contributed by atoms with van der Waals surface area (Å²) < 4.78 is 38.2. The number of carboxylic acid groups (broad SMARTS) is 1. The van der Waals surface area contributed by atoms with Crippen LogP contribution in [-0.2, 0) is 11.0 Å². The van der Waals surface area contributed by atoms with Crippen molar-refractivity contribution >= 4 is 17.9 Å². The minimum atomic E-state index is -4.48. The summed E-state index contributed by atoms with van der Waals surface area (Å²) in [4.78, 5) is 23.3. The molecule has 1 aromatic carbocycles. The molecule has 0 saturated carbocycles. The topological polar surface area (TPSA) is 60.4 Å². The van der Waals surface area contributed by atoms with E-state index in [4.69, 9.17) is 0 Å². The van der Waals surface area contributed by atoms with Crippen LogP contribution in [0.4, 0.5) is 18.9 Å². The zero-order chi connectivity index (χ0) is 18.2. The van der Waals surface area contributed by atoms with Crippen molar-refractivity contribution < 1.29 is 27.9 Å². The lowest BCUT2D eigenvalue weighted by Crippen LogP contribution is -2.25. The van der Waals surface area contributed by atoms with Gasteiger partial charge in [0.15, 0.2) is 6.29 Å². The van der Waals surface area contributed by atoms with Crippen molar-refractivity contribution in [1.82, 2.24) is 0 Å². The quantitative estimate of drug-likeness (QED) is 0.483. The highest BCUT2D eigenvalue weighted by molar-refractivity contribution is 5.85. The van der Waals surface area contributed by atoms with E-state index < -0.39 is 17.7 Å². The van der Waals surface area contributed by atoms with E-state index in [-0.39, 0.29) is 12.0 Å². The summed E-state index contributed by atoms with van der Waals surface area (Å²) in [5.74, 6) is -1.06. The Morgan fingerprint density at radius 1 is 1.21 bits per heavy atom. The first-order chi connectivity index (χ1) is 11.3. The van der Waals surface area contributed by atoms with E-state index in [0.29, 0.717) is 31.5 Å². The van der Waals surface area contributed by atoms with Crippen LogP contribution >= 0.6 is 0 Å². The number of carbonyl (C=O) groups excluding carboxylic acids is 2. The molecular weight excluding hydrogens is 323 g/mol. The highest BCUT2D eigenvalue weighted by Crippen LogP contribution is 2.32. The van der Waals surface area contributed by atoms with Crippen molar-refractivity contribution in [2.24, 2.45) is 0 Å². The highest BCUT2D eigenvalue weighted by Gasteiger charge is 2.31. The van der Waals surface area contributed by atoms with Gasteiger partial charge in [0.25, 0.3) is 0 Å². The van der Waals surface area contributed by atoms with Gasteiger partial charge in [-0.15, -0.1) is 0 Å². The van der Waals surface area contributed by atoms with Crippen LogP contribution in [-0.4, -0.2) is 25.3 Å². The number of aliphatic carboxylic acids is 1. The Labute approximate surface area is 139 Å². The number of unbranched alkanes of at least 4 members (excludes halogenated alkanes) is 3. The van der Waals surface area contributed by atoms with Gasteiger partial charge in [-0.05, 0) is 44.4 Å². The molecule has 1 rings (SSSR count). The summed E-state index contributed by atoms with van der Waals surface area (Å²) in [7, 11) is 0. The maximum Gasteiger partial charge on any atom is 0.416 e. The zero-order valence-corrected chi connectivity index (χ0v) is 13.6. The van der Waals surface area contributed by atoms with Gasteiger partial charge >= 0.3 is 6.18 Å². The lowest BCUT2D eigenvalue weighted by molar-refractivity contribution is -0.305. The maximum absolute atomic E-state index is 12.7. The van der Waals surface area contributed by atoms with E-state index in [1.807, 2.05) is 11.8 Å². The summed E-state index contributed by atoms with van der Waals surface area (Å²) in [6.45, 7) is 3.02. The van der Waals surface area contributed by atoms with Gasteiger partial charge in [-0.2, -0.15) is 13.2 Å². The Balaban J connectivity index is 2.67. The number of nitrogens with zero attached hydrogens (tertiary/aromatic N) is 1. The lowest BCUT2D eigenvalue weighted by atomic mass is 10.1. The van der Waals surface area contributed by atoms with Crippen LogP contribution in [0.1, 0.15) is 54.9 Å². The van der Waals surface area contributed by atoms with Gasteiger partial charge in [-0.25, -0.2) is 0 Å². The molecular formula is C17H21F3NO3-. The SMILES string of the molecule is CCN(CCCCCCC(=O)[O-])c1ccc(C(F)(F)F)cc1C=O. The lowest BCUT2D eigenvalue weighted by Gasteiger charge is -2.25. The molecule has 0 aromatic heterocycles. The molecule has 0 spiro atoms. The van der Waals surface area contributed by atoms with Crippen LogP contribution in [0.5, 0.6) is 0 Å². The molecule has 134 valence electrons. The van der Waals surface area contributed by atoms with Crippen molar-refractivity contribution in [3.63, 3.8) is 0 Å². The second kappa shape index (κ2) is 9.30. The molecule has 0 unspecified atom stereocenters. The van der Waals surface area contributed by atoms with Crippen molar-refractivity contribution in [2.75, 3.05) is 18.0 Å². The number of benzene rings is 1. The molecule has 4 nitrogen and oxygen atoms in total. The monoisotopic (exact) mass is 344 g/mol. The second-order valence-electron chi connectivity index (χ2n) is 5.51. The largest absolute Gasteiger partial charge is 0.550 e. The van der Waals surface area contributed by atoms with Crippen molar-refractivity contribution in [3.8, 4) is 0 Å². The fourth-order valence-corrected chi connectivity index (χ4v) is 2.49. The molecule has 0 aliphatic heterocycles. The number of hydrogen-bond acceptors (Lipinski definition) is 4. The summed E-state index contributed by atoms with van der Waals surface area (Å²) in [6.07, 6.45) is -1.14. The Kier molecular flexibility index (Phi) is 7.74. The van der Waals surface area contributed by atoms with Crippen LogP contribution in [0, 0.1) is 0 Å². The fraction of sp³-hybridized carbons (Fsp3) is 0.529. The number of hydrogen-bond donors (Lipinski definition) is 0. The van der Waals surface area contributed by atoms with E-state index >= 15 is 0 Å². The third-order valence-corrected chi connectivity index (χ3v) is 3.76. The molecule has 0 saturated heterocycles. The van der Waals surface area contributed by atoms with Crippen LogP contribution in [0.2, 0.25) is 0 Å². The van der Waals surface area contributed by atoms with Gasteiger partial charge in [0, 0.05) is 30.3 Å². The van der Waals surface area contributed by atoms with Gasteiger partial charge < -0.3 is 14.8 Å². The number of carboxylic acids is 1. The van der Waals surface area contributed by atoms with E-state index in [1.165, 1.54) is 6.07 Å². The molecule has 0 bridgehead atoms. The smallest absolute Gasteiger partial charge is 0.416 e. The summed E-state index contributed by atoms with van der Waals surface area (Å²) in [5.41, 5.74) is -0.342. The Bertz CT molecular complexity index is 559. The van der Waals surface area contributed by atoms with Crippen molar-refractivity contribution in [1.29, 1.82) is 0 Å². The predicted molar refractivity (Wildman–Crippen MR) is 82.8 cm³/mol. The van der Waals surface area contributed by atoms with E-state index in [0.717, 1.165) is 31.4 Å². The fourth-order valence-electron chi connectivity index (χ4n) is 2.49. The van der Waals surface area contributed by atoms with E-state index in [9.17, 15) is 27.9 Å². The molecule has 24 heavy (non-hydrogen) atoms. The number of carbonyl (C=O) groups is 2. The summed E-state index contributed by atoms with van der Waals surface area (Å²) >= 11 is 0. The first-order valence-corrected chi connectivity index (χ1v) is 7.90. The van der Waals surface area contributed by atoms with Gasteiger partial charge in [0.2, 0.25) is 0 Å². The third kappa shape index (κ3) is 6.22. The minimum Gasteiger partial charge on any atom is -0.550 e. The number of aldehydes is 1. The van der Waals surface area contributed by atoms with Gasteiger partial charge in [-0.3, -0.25) is 4.79 Å². The highest BCUT2D eigenvalue weighted by atomic mass is 19.4. The predicted octanol–water partition coefficient (Wildman–Crippen LogP) is 3.04. The molecule has 0 aliphatic rings. The normalized spacial score (nSPS) is 11.3. The first-order valence-electron chi connectivity index (χ1n) is 7.90. The van der Waals surface area contributed by atoms with Crippen molar-refractivity contribution in [2.45, 2.75) is 45.2 Å². The Hall–Kier alpha value is -2.05. The Morgan fingerprint density at radius 2 is 1.88 bits per heavy atom. The molecule has 7 heteroatoms. The molecule has 0 amide bonds. The van der Waals surface area contributed by atoms with Gasteiger partial charge in [-0.1, -0.05) is 12.8 Å². The van der Waals surface area contributed by atoms with Crippen LogP contribution in [0.3, 0.4) is 0 Å².